The average Bonchev–Trinajstić information content (AvgIpc) is 3.31. The summed E-state index contributed by atoms with van der Waals surface area (Å²) in [4.78, 5) is 25.5. The van der Waals surface area contributed by atoms with E-state index in [2.05, 4.69) is 15.9 Å². The number of carbonyl (C=O) groups excluding carboxylic acids is 1. The molecule has 0 heterocycles. The summed E-state index contributed by atoms with van der Waals surface area (Å²) in [7, 11) is 0. The predicted molar refractivity (Wildman–Crippen MR) is 87.9 cm³/mol. The molecule has 0 aliphatic heterocycles. The molecule has 22 heavy (non-hydrogen) atoms. The monoisotopic (exact) mass is 361 g/mol. The van der Waals surface area contributed by atoms with Gasteiger partial charge in [0.05, 0.1) is 0 Å². The normalized spacial score (nSPS) is 15.5. The lowest BCUT2D eigenvalue weighted by Crippen LogP contribution is -2.44. The predicted octanol–water partition coefficient (Wildman–Crippen LogP) is 3.68. The van der Waals surface area contributed by atoms with Crippen LogP contribution < -0.4 is 0 Å². The Bertz CT molecular complexity index is 755. The first-order valence-electron chi connectivity index (χ1n) is 7.22. The molecule has 3 rings (SSSR count). The van der Waals surface area contributed by atoms with E-state index in [1.807, 2.05) is 30.3 Å². The average molecular weight is 362 g/mol. The van der Waals surface area contributed by atoms with Gasteiger partial charge in [0, 0.05) is 16.1 Å². The smallest absolute Gasteiger partial charge is 0.326 e. The number of carboxylic acids is 1. The SMILES string of the molecule is CC(C(=O)O)N(C(=O)c1ccc2cc(Br)ccc2c1)C1CC1. The van der Waals surface area contributed by atoms with Crippen LogP contribution in [0.25, 0.3) is 10.8 Å². The van der Waals surface area contributed by atoms with Gasteiger partial charge in [0.2, 0.25) is 0 Å². The number of hydrogen-bond acceptors (Lipinski definition) is 2. The Hall–Kier alpha value is -1.88. The van der Waals surface area contributed by atoms with Gasteiger partial charge in [0.1, 0.15) is 6.04 Å². The van der Waals surface area contributed by atoms with Crippen LogP contribution in [0.4, 0.5) is 0 Å². The number of rotatable bonds is 4. The highest BCUT2D eigenvalue weighted by Gasteiger charge is 2.38. The van der Waals surface area contributed by atoms with Crippen molar-refractivity contribution in [1.29, 1.82) is 0 Å². The Kier molecular flexibility index (Phi) is 3.91. The molecule has 114 valence electrons. The highest BCUT2D eigenvalue weighted by Crippen LogP contribution is 2.31. The molecule has 0 bridgehead atoms. The zero-order chi connectivity index (χ0) is 15.9. The van der Waals surface area contributed by atoms with E-state index in [0.717, 1.165) is 28.1 Å². The zero-order valence-electron chi connectivity index (χ0n) is 12.1. The van der Waals surface area contributed by atoms with Crippen molar-refractivity contribution in [3.63, 3.8) is 0 Å². The minimum atomic E-state index is -0.968. The summed E-state index contributed by atoms with van der Waals surface area (Å²) in [6.07, 6.45) is 1.76. The van der Waals surface area contributed by atoms with Crippen molar-refractivity contribution in [3.05, 3.63) is 46.4 Å². The Morgan fingerprint density at radius 1 is 1.18 bits per heavy atom. The number of benzene rings is 2. The van der Waals surface area contributed by atoms with Crippen LogP contribution in [0.3, 0.4) is 0 Å². The summed E-state index contributed by atoms with van der Waals surface area (Å²) in [6, 6.07) is 10.6. The molecule has 4 nitrogen and oxygen atoms in total. The lowest BCUT2D eigenvalue weighted by molar-refractivity contribution is -0.141. The molecule has 1 atom stereocenters. The van der Waals surface area contributed by atoms with E-state index in [0.29, 0.717) is 5.56 Å². The molecule has 0 saturated heterocycles. The third kappa shape index (κ3) is 2.86. The van der Waals surface area contributed by atoms with Gasteiger partial charge in [-0.3, -0.25) is 4.79 Å². The van der Waals surface area contributed by atoms with Gasteiger partial charge in [0.25, 0.3) is 5.91 Å². The molecule has 0 aromatic heterocycles. The number of halogens is 1. The van der Waals surface area contributed by atoms with Gasteiger partial charge in [-0.1, -0.05) is 28.1 Å². The molecule has 1 aliphatic carbocycles. The topological polar surface area (TPSA) is 57.6 Å². The molecule has 1 amide bonds. The number of fused-ring (bicyclic) bond motifs is 1. The number of carbonyl (C=O) groups is 2. The maximum atomic E-state index is 12.7. The molecule has 1 saturated carbocycles. The van der Waals surface area contributed by atoms with Crippen molar-refractivity contribution in [1.82, 2.24) is 4.90 Å². The Labute approximate surface area is 136 Å². The highest BCUT2D eigenvalue weighted by atomic mass is 79.9. The molecule has 1 fully saturated rings. The summed E-state index contributed by atoms with van der Waals surface area (Å²) in [6.45, 7) is 1.57. The molecule has 0 spiro atoms. The van der Waals surface area contributed by atoms with E-state index in [9.17, 15) is 14.7 Å². The fourth-order valence-corrected chi connectivity index (χ4v) is 3.01. The van der Waals surface area contributed by atoms with Gasteiger partial charge in [-0.15, -0.1) is 0 Å². The van der Waals surface area contributed by atoms with E-state index in [-0.39, 0.29) is 11.9 Å². The first-order valence-corrected chi connectivity index (χ1v) is 8.01. The van der Waals surface area contributed by atoms with Crippen molar-refractivity contribution in [2.24, 2.45) is 0 Å². The Balaban J connectivity index is 1.96. The number of carboxylic acid groups (broad SMARTS) is 1. The zero-order valence-corrected chi connectivity index (χ0v) is 13.7. The van der Waals surface area contributed by atoms with Crippen LogP contribution in [0.1, 0.15) is 30.1 Å². The molecule has 0 radical (unpaired) electrons. The summed E-state index contributed by atoms with van der Waals surface area (Å²) >= 11 is 3.42. The minimum Gasteiger partial charge on any atom is -0.480 e. The largest absolute Gasteiger partial charge is 0.480 e. The van der Waals surface area contributed by atoms with Crippen molar-refractivity contribution >= 4 is 38.6 Å². The van der Waals surface area contributed by atoms with Gasteiger partial charge < -0.3 is 10.0 Å². The van der Waals surface area contributed by atoms with Crippen molar-refractivity contribution < 1.29 is 14.7 Å². The van der Waals surface area contributed by atoms with E-state index in [4.69, 9.17) is 0 Å². The second-order valence-corrected chi connectivity index (χ2v) is 6.58. The fraction of sp³-hybridized carbons (Fsp3) is 0.294. The van der Waals surface area contributed by atoms with E-state index < -0.39 is 12.0 Å². The van der Waals surface area contributed by atoms with Gasteiger partial charge >= 0.3 is 5.97 Å². The van der Waals surface area contributed by atoms with Crippen LogP contribution >= 0.6 is 15.9 Å². The van der Waals surface area contributed by atoms with E-state index >= 15 is 0 Å². The molecule has 1 aliphatic rings. The van der Waals surface area contributed by atoms with Gasteiger partial charge in [-0.05, 0) is 54.8 Å². The molecular formula is C17H16BrNO3. The number of aliphatic carboxylic acids is 1. The summed E-state index contributed by atoms with van der Waals surface area (Å²) in [5, 5.41) is 11.2. The molecule has 5 heteroatoms. The van der Waals surface area contributed by atoms with Crippen LogP contribution in [0, 0.1) is 0 Å². The summed E-state index contributed by atoms with van der Waals surface area (Å²) in [5.74, 6) is -1.17. The van der Waals surface area contributed by atoms with Crippen molar-refractivity contribution in [2.45, 2.75) is 31.8 Å². The summed E-state index contributed by atoms with van der Waals surface area (Å²) in [5.41, 5.74) is 0.537. The lowest BCUT2D eigenvalue weighted by Gasteiger charge is -2.26. The third-order valence-corrected chi connectivity index (χ3v) is 4.49. The summed E-state index contributed by atoms with van der Waals surface area (Å²) < 4.78 is 0.984. The van der Waals surface area contributed by atoms with E-state index in [1.54, 1.807) is 13.0 Å². The standard InChI is InChI=1S/C17H16BrNO3/c1-10(17(21)22)19(15-6-7-15)16(20)13-3-2-12-9-14(18)5-4-11(12)8-13/h2-5,8-10,15H,6-7H2,1H3,(H,21,22). The molecule has 1 N–H and O–H groups in total. The third-order valence-electron chi connectivity index (χ3n) is 4.00. The van der Waals surface area contributed by atoms with Gasteiger partial charge in [-0.2, -0.15) is 0 Å². The van der Waals surface area contributed by atoms with Crippen LogP contribution in [0.5, 0.6) is 0 Å². The maximum Gasteiger partial charge on any atom is 0.326 e. The van der Waals surface area contributed by atoms with Crippen LogP contribution in [-0.4, -0.2) is 34.0 Å². The first-order chi connectivity index (χ1) is 10.5. The second-order valence-electron chi connectivity index (χ2n) is 5.66. The first kappa shape index (κ1) is 15.0. The molecule has 2 aromatic carbocycles. The van der Waals surface area contributed by atoms with Gasteiger partial charge in [-0.25, -0.2) is 4.79 Å². The van der Waals surface area contributed by atoms with Crippen LogP contribution in [-0.2, 0) is 4.79 Å². The minimum absolute atomic E-state index is 0.0548. The van der Waals surface area contributed by atoms with Crippen molar-refractivity contribution in [3.8, 4) is 0 Å². The molecule has 2 aromatic rings. The molecular weight excluding hydrogens is 346 g/mol. The second kappa shape index (κ2) is 5.72. The number of hydrogen-bond donors (Lipinski definition) is 1. The maximum absolute atomic E-state index is 12.7. The number of nitrogens with zero attached hydrogens (tertiary/aromatic N) is 1. The van der Waals surface area contributed by atoms with E-state index in [1.165, 1.54) is 4.90 Å². The Morgan fingerprint density at radius 3 is 2.45 bits per heavy atom. The molecule has 1 unspecified atom stereocenters. The number of amides is 1. The Morgan fingerprint density at radius 2 is 1.82 bits per heavy atom. The quantitative estimate of drug-likeness (QED) is 0.903. The van der Waals surface area contributed by atoms with Crippen molar-refractivity contribution in [2.75, 3.05) is 0 Å². The van der Waals surface area contributed by atoms with Gasteiger partial charge in [0.15, 0.2) is 0 Å². The highest BCUT2D eigenvalue weighted by molar-refractivity contribution is 9.10. The fourth-order valence-electron chi connectivity index (χ4n) is 2.63. The van der Waals surface area contributed by atoms with Crippen LogP contribution in [0.15, 0.2) is 40.9 Å². The van der Waals surface area contributed by atoms with Crippen LogP contribution in [0.2, 0.25) is 0 Å². The lowest BCUT2D eigenvalue weighted by atomic mass is 10.1.